The Labute approximate surface area is 79.3 Å². The number of hydrogen-bond donors (Lipinski definition) is 1. The van der Waals surface area contributed by atoms with Crippen LogP contribution in [0.3, 0.4) is 0 Å². The van der Waals surface area contributed by atoms with Crippen molar-refractivity contribution in [1.82, 2.24) is 4.90 Å². The summed E-state index contributed by atoms with van der Waals surface area (Å²) in [6, 6.07) is 0. The number of rotatable bonds is 5. The first-order valence-electron chi connectivity index (χ1n) is 4.54. The van der Waals surface area contributed by atoms with E-state index in [0.29, 0.717) is 19.7 Å². The molecule has 1 amide bonds. The fourth-order valence-corrected chi connectivity index (χ4v) is 0.957. The predicted molar refractivity (Wildman–Crippen MR) is 51.8 cm³/mol. The van der Waals surface area contributed by atoms with Crippen molar-refractivity contribution in [2.75, 3.05) is 19.7 Å². The van der Waals surface area contributed by atoms with E-state index in [9.17, 15) is 4.79 Å². The standard InChI is InChI=1S/C9H18N2O2/c1-4-11(5-2)9(12)7-8(10)13-6-3/h7H,4-6,10H2,1-3H3/b8-7-. The second-order valence-corrected chi connectivity index (χ2v) is 2.49. The molecule has 0 aromatic rings. The van der Waals surface area contributed by atoms with Crippen LogP contribution in [0, 0.1) is 0 Å². The highest BCUT2D eigenvalue weighted by molar-refractivity contribution is 5.87. The molecule has 13 heavy (non-hydrogen) atoms. The van der Waals surface area contributed by atoms with Gasteiger partial charge in [-0.2, -0.15) is 0 Å². The van der Waals surface area contributed by atoms with Crippen molar-refractivity contribution in [2.45, 2.75) is 20.8 Å². The van der Waals surface area contributed by atoms with Gasteiger partial charge in [-0.3, -0.25) is 4.79 Å². The van der Waals surface area contributed by atoms with E-state index in [1.54, 1.807) is 4.90 Å². The van der Waals surface area contributed by atoms with Crippen molar-refractivity contribution in [2.24, 2.45) is 5.73 Å². The van der Waals surface area contributed by atoms with Crippen LogP contribution < -0.4 is 5.73 Å². The molecule has 0 radical (unpaired) electrons. The molecule has 0 bridgehead atoms. The lowest BCUT2D eigenvalue weighted by atomic mass is 10.4. The molecule has 0 fully saturated rings. The van der Waals surface area contributed by atoms with Gasteiger partial charge in [-0.15, -0.1) is 0 Å². The molecule has 0 unspecified atom stereocenters. The summed E-state index contributed by atoms with van der Waals surface area (Å²) in [5.41, 5.74) is 5.42. The summed E-state index contributed by atoms with van der Waals surface area (Å²) < 4.78 is 4.94. The van der Waals surface area contributed by atoms with E-state index in [1.807, 2.05) is 20.8 Å². The highest BCUT2D eigenvalue weighted by Crippen LogP contribution is 1.94. The maximum absolute atomic E-state index is 11.4. The Morgan fingerprint density at radius 1 is 1.38 bits per heavy atom. The molecule has 4 nitrogen and oxygen atoms in total. The van der Waals surface area contributed by atoms with Crippen LogP contribution in [-0.4, -0.2) is 30.5 Å². The van der Waals surface area contributed by atoms with Gasteiger partial charge < -0.3 is 15.4 Å². The molecule has 0 spiro atoms. The molecule has 0 aromatic heterocycles. The van der Waals surface area contributed by atoms with Crippen LogP contribution >= 0.6 is 0 Å². The summed E-state index contributed by atoms with van der Waals surface area (Å²) in [5, 5.41) is 0. The summed E-state index contributed by atoms with van der Waals surface area (Å²) in [4.78, 5) is 13.1. The van der Waals surface area contributed by atoms with Gasteiger partial charge in [-0.1, -0.05) is 0 Å². The molecule has 0 saturated carbocycles. The maximum atomic E-state index is 11.4. The van der Waals surface area contributed by atoms with E-state index in [4.69, 9.17) is 10.5 Å². The first-order valence-corrected chi connectivity index (χ1v) is 4.54. The van der Waals surface area contributed by atoms with Gasteiger partial charge in [0.15, 0.2) is 5.88 Å². The number of likely N-dealkylation sites (N-methyl/N-ethyl adjacent to an activating group) is 1. The number of amides is 1. The van der Waals surface area contributed by atoms with E-state index in [-0.39, 0.29) is 11.8 Å². The number of nitrogens with two attached hydrogens (primary N) is 1. The fourth-order valence-electron chi connectivity index (χ4n) is 0.957. The van der Waals surface area contributed by atoms with Crippen LogP contribution in [-0.2, 0) is 9.53 Å². The van der Waals surface area contributed by atoms with Crippen molar-refractivity contribution < 1.29 is 9.53 Å². The number of carbonyl (C=O) groups excluding carboxylic acids is 1. The minimum atomic E-state index is -0.101. The van der Waals surface area contributed by atoms with E-state index in [1.165, 1.54) is 6.08 Å². The average molecular weight is 186 g/mol. The number of hydrogen-bond acceptors (Lipinski definition) is 3. The summed E-state index contributed by atoms with van der Waals surface area (Å²) in [6.45, 7) is 7.52. The molecule has 4 heteroatoms. The third-order valence-electron chi connectivity index (χ3n) is 1.65. The summed E-state index contributed by atoms with van der Waals surface area (Å²) in [6.07, 6.45) is 1.32. The fraction of sp³-hybridized carbons (Fsp3) is 0.667. The Morgan fingerprint density at radius 2 is 1.92 bits per heavy atom. The van der Waals surface area contributed by atoms with Crippen molar-refractivity contribution in [1.29, 1.82) is 0 Å². The summed E-state index contributed by atoms with van der Waals surface area (Å²) in [5.74, 6) is 0.0790. The Hall–Kier alpha value is -1.19. The molecule has 76 valence electrons. The topological polar surface area (TPSA) is 55.6 Å². The molecule has 2 N–H and O–H groups in total. The van der Waals surface area contributed by atoms with Crippen molar-refractivity contribution in [3.8, 4) is 0 Å². The van der Waals surface area contributed by atoms with Crippen molar-refractivity contribution >= 4 is 5.91 Å². The van der Waals surface area contributed by atoms with Crippen LogP contribution in [0.4, 0.5) is 0 Å². The summed E-state index contributed by atoms with van der Waals surface area (Å²) >= 11 is 0. The molecule has 0 rings (SSSR count). The van der Waals surface area contributed by atoms with Gasteiger partial charge in [0.1, 0.15) is 0 Å². The molecular weight excluding hydrogens is 168 g/mol. The number of carbonyl (C=O) groups is 1. The third-order valence-corrected chi connectivity index (χ3v) is 1.65. The Kier molecular flexibility index (Phi) is 5.76. The van der Waals surface area contributed by atoms with E-state index in [2.05, 4.69) is 0 Å². The van der Waals surface area contributed by atoms with Gasteiger partial charge in [0, 0.05) is 13.1 Å². The van der Waals surface area contributed by atoms with E-state index >= 15 is 0 Å². The van der Waals surface area contributed by atoms with Gasteiger partial charge in [0.2, 0.25) is 0 Å². The van der Waals surface area contributed by atoms with E-state index < -0.39 is 0 Å². The summed E-state index contributed by atoms with van der Waals surface area (Å²) in [7, 11) is 0. The lowest BCUT2D eigenvalue weighted by molar-refractivity contribution is -0.125. The van der Waals surface area contributed by atoms with Crippen LogP contribution in [0.1, 0.15) is 20.8 Å². The van der Waals surface area contributed by atoms with Crippen LogP contribution in [0.2, 0.25) is 0 Å². The predicted octanol–water partition coefficient (Wildman–Crippen LogP) is 0.691. The maximum Gasteiger partial charge on any atom is 0.251 e. The van der Waals surface area contributed by atoms with Gasteiger partial charge in [-0.25, -0.2) is 0 Å². The van der Waals surface area contributed by atoms with Gasteiger partial charge in [0.25, 0.3) is 5.91 Å². The first-order chi connectivity index (χ1) is 6.15. The van der Waals surface area contributed by atoms with Crippen LogP contribution in [0.25, 0.3) is 0 Å². The molecule has 0 aliphatic carbocycles. The average Bonchev–Trinajstić information content (AvgIpc) is 2.06. The number of nitrogens with zero attached hydrogens (tertiary/aromatic N) is 1. The number of ether oxygens (including phenoxy) is 1. The highest BCUT2D eigenvalue weighted by atomic mass is 16.5. The van der Waals surface area contributed by atoms with Gasteiger partial charge in [-0.05, 0) is 20.8 Å². The Bertz CT molecular complexity index is 186. The zero-order valence-electron chi connectivity index (χ0n) is 8.54. The third kappa shape index (κ3) is 4.40. The van der Waals surface area contributed by atoms with Gasteiger partial charge >= 0.3 is 0 Å². The molecular formula is C9H18N2O2. The van der Waals surface area contributed by atoms with Crippen molar-refractivity contribution in [3.05, 3.63) is 12.0 Å². The van der Waals surface area contributed by atoms with Crippen LogP contribution in [0.15, 0.2) is 12.0 Å². The van der Waals surface area contributed by atoms with Gasteiger partial charge in [0.05, 0.1) is 12.7 Å². The molecule has 0 saturated heterocycles. The molecule has 0 aliphatic rings. The van der Waals surface area contributed by atoms with Crippen LogP contribution in [0.5, 0.6) is 0 Å². The second kappa shape index (κ2) is 6.34. The molecule has 0 aliphatic heterocycles. The zero-order chi connectivity index (χ0) is 10.3. The van der Waals surface area contributed by atoms with Crippen molar-refractivity contribution in [3.63, 3.8) is 0 Å². The minimum absolute atomic E-state index is 0.101. The van der Waals surface area contributed by atoms with E-state index in [0.717, 1.165) is 0 Å². The molecule has 0 heterocycles. The zero-order valence-corrected chi connectivity index (χ0v) is 8.54. The smallest absolute Gasteiger partial charge is 0.251 e. The Balaban J connectivity index is 4.17. The molecule has 0 atom stereocenters. The first kappa shape index (κ1) is 11.8. The largest absolute Gasteiger partial charge is 0.479 e. The monoisotopic (exact) mass is 186 g/mol. The second-order valence-electron chi connectivity index (χ2n) is 2.49. The minimum Gasteiger partial charge on any atom is -0.479 e. The quantitative estimate of drug-likeness (QED) is 0.507. The highest BCUT2D eigenvalue weighted by Gasteiger charge is 2.06. The lowest BCUT2D eigenvalue weighted by Crippen LogP contribution is -2.29. The normalized spacial score (nSPS) is 11.2. The lowest BCUT2D eigenvalue weighted by Gasteiger charge is -2.16. The Morgan fingerprint density at radius 3 is 2.31 bits per heavy atom. The SMILES string of the molecule is CCO/C(N)=C\C(=O)N(CC)CC. The molecule has 0 aromatic carbocycles.